The van der Waals surface area contributed by atoms with E-state index in [0.717, 1.165) is 28.1 Å². The Morgan fingerprint density at radius 1 is 0.512 bits per heavy atom. The van der Waals surface area contributed by atoms with Crippen LogP contribution in [0.3, 0.4) is 0 Å². The fraction of sp³-hybridized carbons (Fsp3) is 0.108. The van der Waals surface area contributed by atoms with Gasteiger partial charge in [0.25, 0.3) is 0 Å². The van der Waals surface area contributed by atoms with Crippen LogP contribution in [0.2, 0.25) is 5.02 Å². The first-order chi connectivity index (χ1) is 20.0. The van der Waals surface area contributed by atoms with Crippen LogP contribution >= 0.6 is 11.6 Å². The Bertz CT molecular complexity index is 2010. The number of benzene rings is 5. The zero-order valence-electron chi connectivity index (χ0n) is 22.8. The Kier molecular flexibility index (Phi) is 5.29. The zero-order valence-corrected chi connectivity index (χ0v) is 23.6. The molecular weight excluding hydrogens is 522 g/mol. The van der Waals surface area contributed by atoms with Crippen molar-refractivity contribution in [2.45, 2.75) is 25.7 Å². The quantitative estimate of drug-likeness (QED) is 0.221. The standard InChI is InChI=1S/C37H26ClN3/c1-37(2)32-11-7-6-10-29(32)30-16-14-25(21-33(30)37)36-40-34(22-8-4-3-5-9-22)39-35(41-36)24-13-12-23-18-26-19-27(38)15-17-28(26)31(23)20-24/h3-17,19-21H,18H2,1-2H3. The fourth-order valence-corrected chi connectivity index (χ4v) is 6.69. The molecule has 0 fully saturated rings. The second kappa shape index (κ2) is 8.95. The number of hydrogen-bond donors (Lipinski definition) is 0. The molecule has 0 radical (unpaired) electrons. The Balaban J connectivity index is 1.29. The monoisotopic (exact) mass is 547 g/mol. The van der Waals surface area contributed by atoms with Crippen LogP contribution in [0.5, 0.6) is 0 Å². The van der Waals surface area contributed by atoms with Crippen LogP contribution in [0, 0.1) is 0 Å². The van der Waals surface area contributed by atoms with Crippen molar-refractivity contribution in [3.63, 3.8) is 0 Å². The van der Waals surface area contributed by atoms with Gasteiger partial charge in [-0.25, -0.2) is 15.0 Å². The van der Waals surface area contributed by atoms with Crippen molar-refractivity contribution in [3.8, 4) is 56.4 Å². The van der Waals surface area contributed by atoms with E-state index in [1.165, 1.54) is 44.5 Å². The summed E-state index contributed by atoms with van der Waals surface area (Å²) in [5.74, 6) is 2.01. The molecule has 2 aliphatic rings. The summed E-state index contributed by atoms with van der Waals surface area (Å²) in [7, 11) is 0. The van der Waals surface area contributed by atoms with E-state index in [-0.39, 0.29) is 5.41 Å². The summed E-state index contributed by atoms with van der Waals surface area (Å²) in [5.41, 5.74) is 13.1. The second-order valence-electron chi connectivity index (χ2n) is 11.5. The molecule has 6 aromatic rings. The molecule has 0 N–H and O–H groups in total. The van der Waals surface area contributed by atoms with Crippen LogP contribution in [0.1, 0.15) is 36.1 Å². The third-order valence-corrected chi connectivity index (χ3v) is 8.85. The van der Waals surface area contributed by atoms with Crippen LogP contribution in [0.25, 0.3) is 56.4 Å². The van der Waals surface area contributed by atoms with Gasteiger partial charge in [-0.15, -0.1) is 0 Å². The van der Waals surface area contributed by atoms with Crippen molar-refractivity contribution in [2.75, 3.05) is 0 Å². The molecule has 0 amide bonds. The Morgan fingerprint density at radius 2 is 1.15 bits per heavy atom. The van der Waals surface area contributed by atoms with Gasteiger partial charge in [-0.1, -0.05) is 110 Å². The minimum Gasteiger partial charge on any atom is -0.208 e. The summed E-state index contributed by atoms with van der Waals surface area (Å²) in [6.07, 6.45) is 0.885. The van der Waals surface area contributed by atoms with Crippen LogP contribution < -0.4 is 0 Å². The van der Waals surface area contributed by atoms with E-state index in [0.29, 0.717) is 17.5 Å². The summed E-state index contributed by atoms with van der Waals surface area (Å²) in [4.78, 5) is 15.1. The molecule has 5 aromatic carbocycles. The number of halogens is 1. The Labute approximate surface area is 244 Å². The average molecular weight is 548 g/mol. The minimum atomic E-state index is -0.101. The van der Waals surface area contributed by atoms with Crippen molar-refractivity contribution >= 4 is 11.6 Å². The predicted molar refractivity (Wildman–Crippen MR) is 167 cm³/mol. The van der Waals surface area contributed by atoms with Crippen LogP contribution in [-0.4, -0.2) is 15.0 Å². The molecule has 0 saturated carbocycles. The molecule has 196 valence electrons. The molecule has 1 heterocycles. The Hall–Kier alpha value is -4.60. The van der Waals surface area contributed by atoms with E-state index in [4.69, 9.17) is 26.6 Å². The fourth-order valence-electron chi connectivity index (χ4n) is 6.49. The molecule has 1 aromatic heterocycles. The molecule has 41 heavy (non-hydrogen) atoms. The van der Waals surface area contributed by atoms with E-state index < -0.39 is 0 Å². The number of hydrogen-bond acceptors (Lipinski definition) is 3. The summed E-state index contributed by atoms with van der Waals surface area (Å²) in [5, 5.41) is 0.770. The number of rotatable bonds is 3. The number of fused-ring (bicyclic) bond motifs is 6. The van der Waals surface area contributed by atoms with Crippen LogP contribution in [0.4, 0.5) is 0 Å². The molecule has 0 bridgehead atoms. The predicted octanol–water partition coefficient (Wildman–Crippen LogP) is 9.40. The van der Waals surface area contributed by atoms with E-state index in [1.54, 1.807) is 0 Å². The van der Waals surface area contributed by atoms with Gasteiger partial charge in [-0.2, -0.15) is 0 Å². The van der Waals surface area contributed by atoms with Gasteiger partial charge in [0.1, 0.15) is 0 Å². The molecular formula is C37H26ClN3. The van der Waals surface area contributed by atoms with Crippen molar-refractivity contribution in [3.05, 3.63) is 136 Å². The molecule has 4 heteroatoms. The van der Waals surface area contributed by atoms with Gasteiger partial charge in [-0.3, -0.25) is 0 Å². The number of nitrogens with zero attached hydrogens (tertiary/aromatic N) is 3. The maximum Gasteiger partial charge on any atom is 0.164 e. The SMILES string of the molecule is CC1(C)c2ccccc2-c2ccc(-c3nc(-c4ccccc4)nc(-c4ccc5c(c4)-c4ccc(Cl)cc4C5)n3)cc21. The molecule has 0 unspecified atom stereocenters. The summed E-state index contributed by atoms with van der Waals surface area (Å²) < 4.78 is 0. The highest BCUT2D eigenvalue weighted by molar-refractivity contribution is 6.30. The van der Waals surface area contributed by atoms with Crippen molar-refractivity contribution in [1.29, 1.82) is 0 Å². The van der Waals surface area contributed by atoms with Gasteiger partial charge >= 0.3 is 0 Å². The van der Waals surface area contributed by atoms with E-state index in [1.807, 2.05) is 36.4 Å². The highest BCUT2D eigenvalue weighted by Gasteiger charge is 2.35. The first-order valence-corrected chi connectivity index (χ1v) is 14.3. The third-order valence-electron chi connectivity index (χ3n) is 8.62. The lowest BCUT2D eigenvalue weighted by molar-refractivity contribution is 0.660. The first-order valence-electron chi connectivity index (χ1n) is 13.9. The Morgan fingerprint density at radius 3 is 1.95 bits per heavy atom. The van der Waals surface area contributed by atoms with Crippen molar-refractivity contribution in [2.24, 2.45) is 0 Å². The molecule has 0 spiro atoms. The molecule has 0 saturated heterocycles. The summed E-state index contributed by atoms with van der Waals surface area (Å²) in [6, 6.07) is 38.2. The smallest absolute Gasteiger partial charge is 0.164 e. The molecule has 2 aliphatic carbocycles. The first kappa shape index (κ1) is 24.2. The van der Waals surface area contributed by atoms with Crippen molar-refractivity contribution in [1.82, 2.24) is 15.0 Å². The van der Waals surface area contributed by atoms with Gasteiger partial charge in [0, 0.05) is 27.1 Å². The van der Waals surface area contributed by atoms with Gasteiger partial charge in [0.2, 0.25) is 0 Å². The number of aromatic nitrogens is 3. The van der Waals surface area contributed by atoms with E-state index in [9.17, 15) is 0 Å². The van der Waals surface area contributed by atoms with Gasteiger partial charge in [-0.05, 0) is 75.2 Å². The molecule has 8 rings (SSSR count). The van der Waals surface area contributed by atoms with Gasteiger partial charge in [0.15, 0.2) is 17.5 Å². The van der Waals surface area contributed by atoms with Gasteiger partial charge in [0.05, 0.1) is 0 Å². The van der Waals surface area contributed by atoms with Crippen molar-refractivity contribution < 1.29 is 0 Å². The normalized spacial score (nSPS) is 13.8. The largest absolute Gasteiger partial charge is 0.208 e. The van der Waals surface area contributed by atoms with Crippen LogP contribution in [0.15, 0.2) is 109 Å². The lowest BCUT2D eigenvalue weighted by atomic mass is 9.82. The molecule has 3 nitrogen and oxygen atoms in total. The van der Waals surface area contributed by atoms with E-state index in [2.05, 4.69) is 86.6 Å². The highest BCUT2D eigenvalue weighted by atomic mass is 35.5. The second-order valence-corrected chi connectivity index (χ2v) is 11.9. The minimum absolute atomic E-state index is 0.101. The molecule has 0 atom stereocenters. The average Bonchev–Trinajstić information content (AvgIpc) is 3.48. The maximum atomic E-state index is 6.30. The topological polar surface area (TPSA) is 38.7 Å². The van der Waals surface area contributed by atoms with E-state index >= 15 is 0 Å². The lowest BCUT2D eigenvalue weighted by Gasteiger charge is -2.21. The third kappa shape index (κ3) is 3.84. The van der Waals surface area contributed by atoms with Gasteiger partial charge < -0.3 is 0 Å². The molecule has 0 aliphatic heterocycles. The summed E-state index contributed by atoms with van der Waals surface area (Å²) >= 11 is 6.30. The zero-order chi connectivity index (χ0) is 27.7. The maximum absolute atomic E-state index is 6.30. The lowest BCUT2D eigenvalue weighted by Crippen LogP contribution is -2.15. The van der Waals surface area contributed by atoms with Crippen LogP contribution in [-0.2, 0) is 11.8 Å². The summed E-state index contributed by atoms with van der Waals surface area (Å²) in [6.45, 7) is 4.59. The highest BCUT2D eigenvalue weighted by Crippen LogP contribution is 2.49.